The third-order valence-corrected chi connectivity index (χ3v) is 8.38. The summed E-state index contributed by atoms with van der Waals surface area (Å²) in [5.74, 6) is 0.0933. The van der Waals surface area contributed by atoms with Crippen molar-refractivity contribution in [3.8, 4) is 0 Å². The lowest BCUT2D eigenvalue weighted by molar-refractivity contribution is 0.281. The summed E-state index contributed by atoms with van der Waals surface area (Å²) in [6.45, 7) is 6.62. The second kappa shape index (κ2) is 6.54. The number of benzene rings is 3. The molecule has 0 spiro atoms. The minimum absolute atomic E-state index is 0.0763. The van der Waals surface area contributed by atoms with Crippen LogP contribution in [0, 0.1) is 20.8 Å². The maximum Gasteiger partial charge on any atom is 0.243 e. The van der Waals surface area contributed by atoms with Crippen LogP contribution in [0.3, 0.4) is 0 Å². The fraction of sp³-hybridized carbons (Fsp3) is 0.280. The second-order valence-electron chi connectivity index (χ2n) is 8.46. The molecule has 0 radical (unpaired) electrons. The first-order valence-electron chi connectivity index (χ1n) is 10.1. The van der Waals surface area contributed by atoms with Crippen LogP contribution >= 0.6 is 0 Å². The van der Waals surface area contributed by atoms with Gasteiger partial charge in [-0.15, -0.1) is 0 Å². The van der Waals surface area contributed by atoms with Crippen molar-refractivity contribution in [1.82, 2.24) is 4.31 Å². The van der Waals surface area contributed by atoms with Gasteiger partial charge in [0.15, 0.2) is 0 Å². The van der Waals surface area contributed by atoms with Gasteiger partial charge in [-0.2, -0.15) is 4.31 Å². The van der Waals surface area contributed by atoms with Crippen molar-refractivity contribution < 1.29 is 8.42 Å². The van der Waals surface area contributed by atoms with E-state index in [0.717, 1.165) is 23.1 Å². The van der Waals surface area contributed by atoms with E-state index in [4.69, 9.17) is 0 Å². The number of rotatable bonds is 2. The molecule has 2 aliphatic rings. The summed E-state index contributed by atoms with van der Waals surface area (Å²) in [4.78, 5) is 0.380. The Morgan fingerprint density at radius 1 is 0.862 bits per heavy atom. The lowest BCUT2D eigenvalue weighted by atomic mass is 9.82. The van der Waals surface area contributed by atoms with Crippen LogP contribution in [0.25, 0.3) is 0 Å². The van der Waals surface area contributed by atoms with E-state index in [1.807, 2.05) is 19.1 Å². The molecule has 5 rings (SSSR count). The Balaban J connectivity index is 1.70. The van der Waals surface area contributed by atoms with Gasteiger partial charge in [0.25, 0.3) is 0 Å². The lowest BCUT2D eigenvalue weighted by Crippen LogP contribution is -2.45. The molecule has 0 unspecified atom stereocenters. The van der Waals surface area contributed by atoms with Crippen molar-refractivity contribution in [3.63, 3.8) is 0 Å². The van der Waals surface area contributed by atoms with Crippen molar-refractivity contribution in [2.75, 3.05) is 0 Å². The standard InChI is InChI=1S/C25H25NO2S/c1-16-7-10-21(11-8-16)29(27,28)26-15-20-13-17(2)9-12-22(20)25-23(26)14-19-6-4-5-18(3)24(19)25/h4-13,23,25H,14-15H2,1-3H3/t23-,25-/m0/s1. The van der Waals surface area contributed by atoms with E-state index >= 15 is 0 Å². The van der Waals surface area contributed by atoms with Crippen LogP contribution in [0.1, 0.15) is 44.9 Å². The second-order valence-corrected chi connectivity index (χ2v) is 10.4. The normalized spacial score (nSPS) is 20.8. The first-order chi connectivity index (χ1) is 13.9. The first kappa shape index (κ1) is 18.6. The summed E-state index contributed by atoms with van der Waals surface area (Å²) in [5, 5.41) is 0. The highest BCUT2D eigenvalue weighted by atomic mass is 32.2. The van der Waals surface area contributed by atoms with Crippen LogP contribution in [0.4, 0.5) is 0 Å². The average Bonchev–Trinajstić information content (AvgIpc) is 3.08. The fourth-order valence-corrected chi connectivity index (χ4v) is 6.71. The molecule has 1 aliphatic carbocycles. The Hall–Kier alpha value is -2.43. The number of sulfonamides is 1. The van der Waals surface area contributed by atoms with Gasteiger partial charge in [0.1, 0.15) is 0 Å². The van der Waals surface area contributed by atoms with E-state index in [2.05, 4.69) is 50.2 Å². The van der Waals surface area contributed by atoms with E-state index in [9.17, 15) is 8.42 Å². The molecule has 0 saturated carbocycles. The number of fused-ring (bicyclic) bond motifs is 5. The molecule has 0 amide bonds. The monoisotopic (exact) mass is 403 g/mol. The minimum Gasteiger partial charge on any atom is -0.207 e. The van der Waals surface area contributed by atoms with Gasteiger partial charge < -0.3 is 0 Å². The molecule has 1 aliphatic heterocycles. The highest BCUT2D eigenvalue weighted by molar-refractivity contribution is 7.89. The summed E-state index contributed by atoms with van der Waals surface area (Å²) < 4.78 is 29.1. The zero-order valence-electron chi connectivity index (χ0n) is 17.0. The van der Waals surface area contributed by atoms with Crippen LogP contribution in [-0.4, -0.2) is 18.8 Å². The zero-order valence-corrected chi connectivity index (χ0v) is 17.8. The number of hydrogen-bond donors (Lipinski definition) is 0. The third kappa shape index (κ3) is 2.85. The zero-order chi connectivity index (χ0) is 20.3. The lowest BCUT2D eigenvalue weighted by Gasteiger charge is -2.39. The largest absolute Gasteiger partial charge is 0.243 e. The molecule has 148 valence electrons. The molecule has 0 aromatic heterocycles. The molecule has 3 aromatic carbocycles. The van der Waals surface area contributed by atoms with Crippen LogP contribution < -0.4 is 0 Å². The van der Waals surface area contributed by atoms with Gasteiger partial charge in [0, 0.05) is 18.5 Å². The predicted octanol–water partition coefficient (Wildman–Crippen LogP) is 4.87. The topological polar surface area (TPSA) is 37.4 Å². The Kier molecular flexibility index (Phi) is 4.19. The van der Waals surface area contributed by atoms with Gasteiger partial charge in [-0.1, -0.05) is 59.7 Å². The Labute approximate surface area is 173 Å². The molecular formula is C25H25NO2S. The molecule has 0 N–H and O–H groups in total. The van der Waals surface area contributed by atoms with Crippen molar-refractivity contribution in [3.05, 3.63) is 99.6 Å². The van der Waals surface area contributed by atoms with Gasteiger partial charge >= 0.3 is 0 Å². The summed E-state index contributed by atoms with van der Waals surface area (Å²) in [7, 11) is -3.59. The Morgan fingerprint density at radius 3 is 2.34 bits per heavy atom. The van der Waals surface area contributed by atoms with Crippen molar-refractivity contribution in [2.45, 2.75) is 50.6 Å². The number of nitrogens with zero attached hydrogens (tertiary/aromatic N) is 1. The molecule has 0 bridgehead atoms. The molecule has 2 atom stereocenters. The van der Waals surface area contributed by atoms with Crippen molar-refractivity contribution in [1.29, 1.82) is 0 Å². The van der Waals surface area contributed by atoms with Gasteiger partial charge in [0.05, 0.1) is 4.90 Å². The fourth-order valence-electron chi connectivity index (χ4n) is 5.10. The maximum atomic E-state index is 13.7. The molecule has 0 saturated heterocycles. The molecular weight excluding hydrogens is 378 g/mol. The van der Waals surface area contributed by atoms with E-state index in [1.165, 1.54) is 22.3 Å². The molecule has 1 heterocycles. The van der Waals surface area contributed by atoms with Crippen LogP contribution in [0.2, 0.25) is 0 Å². The molecule has 4 heteroatoms. The first-order valence-corrected chi connectivity index (χ1v) is 11.6. The summed E-state index contributed by atoms with van der Waals surface area (Å²) in [6.07, 6.45) is 0.764. The van der Waals surface area contributed by atoms with Crippen LogP contribution in [-0.2, 0) is 23.0 Å². The van der Waals surface area contributed by atoms with Crippen LogP contribution in [0.5, 0.6) is 0 Å². The molecule has 3 aromatic rings. The summed E-state index contributed by atoms with van der Waals surface area (Å²) in [6, 6.07) is 20.0. The highest BCUT2D eigenvalue weighted by Gasteiger charge is 2.46. The van der Waals surface area contributed by atoms with Crippen molar-refractivity contribution in [2.24, 2.45) is 0 Å². The SMILES string of the molecule is Cc1ccc(S(=O)(=O)N2Cc3cc(C)ccc3[C@@H]3c4c(C)cccc4C[C@@H]32)cc1. The molecule has 29 heavy (non-hydrogen) atoms. The predicted molar refractivity (Wildman–Crippen MR) is 116 cm³/mol. The Bertz CT molecular complexity index is 1210. The van der Waals surface area contributed by atoms with Gasteiger partial charge in [-0.25, -0.2) is 8.42 Å². The summed E-state index contributed by atoms with van der Waals surface area (Å²) >= 11 is 0. The van der Waals surface area contributed by atoms with Gasteiger partial charge in [0.2, 0.25) is 10.0 Å². The number of hydrogen-bond acceptors (Lipinski definition) is 2. The molecule has 0 fully saturated rings. The van der Waals surface area contributed by atoms with Crippen molar-refractivity contribution >= 4 is 10.0 Å². The van der Waals surface area contributed by atoms with E-state index in [1.54, 1.807) is 16.4 Å². The Morgan fingerprint density at radius 2 is 1.59 bits per heavy atom. The maximum absolute atomic E-state index is 13.7. The van der Waals surface area contributed by atoms with Crippen LogP contribution in [0.15, 0.2) is 65.6 Å². The molecule has 3 nitrogen and oxygen atoms in total. The van der Waals surface area contributed by atoms with E-state index in [0.29, 0.717) is 11.4 Å². The average molecular weight is 404 g/mol. The van der Waals surface area contributed by atoms with E-state index in [-0.39, 0.29) is 12.0 Å². The van der Waals surface area contributed by atoms with E-state index < -0.39 is 10.0 Å². The number of aryl methyl sites for hydroxylation is 3. The smallest absolute Gasteiger partial charge is 0.207 e. The van der Waals surface area contributed by atoms with Gasteiger partial charge in [-0.3, -0.25) is 0 Å². The quantitative estimate of drug-likeness (QED) is 0.612. The third-order valence-electron chi connectivity index (χ3n) is 6.50. The minimum atomic E-state index is -3.59. The summed E-state index contributed by atoms with van der Waals surface area (Å²) in [5.41, 5.74) is 8.46. The van der Waals surface area contributed by atoms with Gasteiger partial charge in [-0.05, 0) is 67.1 Å². The highest BCUT2D eigenvalue weighted by Crippen LogP contribution is 2.48.